The van der Waals surface area contributed by atoms with E-state index in [0.717, 1.165) is 16.7 Å². The Morgan fingerprint density at radius 3 is 2.13 bits per heavy atom. The third kappa shape index (κ3) is 4.51. The zero-order chi connectivity index (χ0) is 21.8. The molecule has 7 nitrogen and oxygen atoms in total. The Labute approximate surface area is 179 Å². The van der Waals surface area contributed by atoms with Crippen molar-refractivity contribution in [3.8, 4) is 22.9 Å². The number of hydrogen-bond acceptors (Lipinski definition) is 5. The van der Waals surface area contributed by atoms with Crippen molar-refractivity contribution in [3.63, 3.8) is 0 Å². The second kappa shape index (κ2) is 8.62. The number of aromatic nitrogens is 2. The van der Waals surface area contributed by atoms with Gasteiger partial charge in [0.15, 0.2) is 0 Å². The van der Waals surface area contributed by atoms with Crippen molar-refractivity contribution < 1.29 is 14.0 Å². The second-order valence-corrected chi connectivity index (χ2v) is 7.08. The summed E-state index contributed by atoms with van der Waals surface area (Å²) in [4.78, 5) is 24.6. The van der Waals surface area contributed by atoms with Gasteiger partial charge in [-0.15, -0.1) is 10.2 Å². The van der Waals surface area contributed by atoms with Crippen LogP contribution in [0.4, 0.5) is 0 Å². The Balaban J connectivity index is 1.42. The number of nitrogens with zero attached hydrogens (tertiary/aromatic N) is 2. The molecule has 31 heavy (non-hydrogen) atoms. The van der Waals surface area contributed by atoms with E-state index in [4.69, 9.17) is 4.42 Å². The van der Waals surface area contributed by atoms with Gasteiger partial charge < -0.3 is 4.42 Å². The van der Waals surface area contributed by atoms with Gasteiger partial charge in [-0.2, -0.15) is 0 Å². The molecule has 0 atom stereocenters. The van der Waals surface area contributed by atoms with Crippen LogP contribution in [0.25, 0.3) is 22.9 Å². The average Bonchev–Trinajstić information content (AvgIpc) is 3.28. The monoisotopic (exact) mass is 412 g/mol. The van der Waals surface area contributed by atoms with Crippen LogP contribution in [0.1, 0.15) is 31.8 Å². The molecule has 0 saturated carbocycles. The molecule has 0 spiro atoms. The summed E-state index contributed by atoms with van der Waals surface area (Å²) >= 11 is 0. The maximum absolute atomic E-state index is 12.4. The number of benzene rings is 3. The van der Waals surface area contributed by atoms with Crippen molar-refractivity contribution >= 4 is 11.8 Å². The summed E-state index contributed by atoms with van der Waals surface area (Å²) in [5.41, 5.74) is 9.19. The summed E-state index contributed by atoms with van der Waals surface area (Å²) in [6.45, 7) is 3.82. The van der Waals surface area contributed by atoms with Crippen LogP contribution in [-0.2, 0) is 0 Å². The number of nitrogens with one attached hydrogen (secondary N) is 2. The summed E-state index contributed by atoms with van der Waals surface area (Å²) in [6, 6.07) is 21.6. The van der Waals surface area contributed by atoms with Gasteiger partial charge >= 0.3 is 0 Å². The Morgan fingerprint density at radius 1 is 0.742 bits per heavy atom. The highest BCUT2D eigenvalue weighted by atomic mass is 16.4. The molecule has 1 heterocycles. The van der Waals surface area contributed by atoms with Gasteiger partial charge in [0.05, 0.1) is 0 Å². The van der Waals surface area contributed by atoms with Crippen molar-refractivity contribution in [2.24, 2.45) is 0 Å². The predicted octanol–water partition coefficient (Wildman–Crippen LogP) is 4.10. The third-order valence-corrected chi connectivity index (χ3v) is 4.76. The normalized spacial score (nSPS) is 10.5. The first kappa shape index (κ1) is 20.0. The molecule has 7 heteroatoms. The van der Waals surface area contributed by atoms with Crippen molar-refractivity contribution in [3.05, 3.63) is 95.1 Å². The Hall–Kier alpha value is -4.26. The molecule has 0 aliphatic heterocycles. The van der Waals surface area contributed by atoms with Gasteiger partial charge in [0.2, 0.25) is 11.8 Å². The van der Waals surface area contributed by atoms with Gasteiger partial charge in [-0.1, -0.05) is 35.9 Å². The standard InChI is InChI=1S/C24H20N4O3/c1-15-6-5-8-19(14-15)24-28-27-23(31-24)18-12-10-17(11-13-18)21(29)25-26-22(30)20-9-4-3-7-16(20)2/h3-14H,1-2H3,(H,25,29)(H,26,30). The number of aryl methyl sites for hydroxylation is 2. The number of amides is 2. The maximum Gasteiger partial charge on any atom is 0.269 e. The van der Waals surface area contributed by atoms with E-state index in [1.807, 2.05) is 50.2 Å². The summed E-state index contributed by atoms with van der Waals surface area (Å²) in [5.74, 6) is -0.0205. The molecule has 2 N–H and O–H groups in total. The molecule has 3 aromatic carbocycles. The Bertz CT molecular complexity index is 1250. The van der Waals surface area contributed by atoms with E-state index in [2.05, 4.69) is 21.0 Å². The number of carbonyl (C=O) groups excluding carboxylic acids is 2. The van der Waals surface area contributed by atoms with Crippen LogP contribution in [-0.4, -0.2) is 22.0 Å². The fourth-order valence-corrected chi connectivity index (χ4v) is 3.08. The Kier molecular flexibility index (Phi) is 5.57. The minimum absolute atomic E-state index is 0.358. The van der Waals surface area contributed by atoms with Crippen molar-refractivity contribution in [1.82, 2.24) is 21.0 Å². The lowest BCUT2D eigenvalue weighted by atomic mass is 10.1. The topological polar surface area (TPSA) is 97.1 Å². The predicted molar refractivity (Wildman–Crippen MR) is 116 cm³/mol. The summed E-state index contributed by atoms with van der Waals surface area (Å²) in [5, 5.41) is 8.20. The van der Waals surface area contributed by atoms with E-state index >= 15 is 0 Å². The average molecular weight is 412 g/mol. The molecule has 0 bridgehead atoms. The lowest BCUT2D eigenvalue weighted by Crippen LogP contribution is -2.41. The van der Waals surface area contributed by atoms with E-state index in [1.165, 1.54) is 0 Å². The van der Waals surface area contributed by atoms with Gasteiger partial charge in [-0.05, 0) is 61.9 Å². The van der Waals surface area contributed by atoms with Crippen molar-refractivity contribution in [2.45, 2.75) is 13.8 Å². The molecule has 154 valence electrons. The van der Waals surface area contributed by atoms with E-state index in [1.54, 1.807) is 36.4 Å². The first-order chi connectivity index (χ1) is 15.0. The number of rotatable bonds is 4. The van der Waals surface area contributed by atoms with E-state index < -0.39 is 5.91 Å². The Morgan fingerprint density at radius 2 is 1.42 bits per heavy atom. The summed E-state index contributed by atoms with van der Waals surface area (Å²) in [6.07, 6.45) is 0. The van der Waals surface area contributed by atoms with E-state index in [9.17, 15) is 9.59 Å². The molecule has 0 saturated heterocycles. The lowest BCUT2D eigenvalue weighted by molar-refractivity contribution is 0.0846. The smallest absolute Gasteiger partial charge is 0.269 e. The highest BCUT2D eigenvalue weighted by Gasteiger charge is 2.13. The molecular weight excluding hydrogens is 392 g/mol. The minimum Gasteiger partial charge on any atom is -0.416 e. The van der Waals surface area contributed by atoms with E-state index in [0.29, 0.717) is 28.5 Å². The number of hydrogen-bond donors (Lipinski definition) is 2. The third-order valence-electron chi connectivity index (χ3n) is 4.76. The first-order valence-corrected chi connectivity index (χ1v) is 9.68. The van der Waals surface area contributed by atoms with Gasteiger partial charge in [-0.25, -0.2) is 0 Å². The van der Waals surface area contributed by atoms with Crippen LogP contribution < -0.4 is 10.9 Å². The van der Waals surface area contributed by atoms with Crippen LogP contribution in [0.2, 0.25) is 0 Å². The second-order valence-electron chi connectivity index (χ2n) is 7.08. The molecule has 1 aromatic heterocycles. The fraction of sp³-hybridized carbons (Fsp3) is 0.0833. The van der Waals surface area contributed by atoms with Crippen LogP contribution in [0, 0.1) is 13.8 Å². The highest BCUT2D eigenvalue weighted by molar-refractivity contribution is 5.99. The van der Waals surface area contributed by atoms with Crippen LogP contribution in [0.15, 0.2) is 77.2 Å². The van der Waals surface area contributed by atoms with Gasteiger partial charge in [0.25, 0.3) is 11.8 Å². The SMILES string of the molecule is Cc1cccc(-c2nnc(-c3ccc(C(=O)NNC(=O)c4ccccc4C)cc3)o2)c1. The fourth-order valence-electron chi connectivity index (χ4n) is 3.08. The highest BCUT2D eigenvalue weighted by Crippen LogP contribution is 2.24. The molecule has 4 rings (SSSR count). The molecular formula is C24H20N4O3. The van der Waals surface area contributed by atoms with Crippen molar-refractivity contribution in [2.75, 3.05) is 0 Å². The number of hydrazine groups is 1. The zero-order valence-corrected chi connectivity index (χ0v) is 17.0. The molecule has 0 unspecified atom stereocenters. The zero-order valence-electron chi connectivity index (χ0n) is 17.0. The van der Waals surface area contributed by atoms with Crippen molar-refractivity contribution in [1.29, 1.82) is 0 Å². The summed E-state index contributed by atoms with van der Waals surface area (Å²) < 4.78 is 5.77. The molecule has 0 radical (unpaired) electrons. The quantitative estimate of drug-likeness (QED) is 0.492. The lowest BCUT2D eigenvalue weighted by Gasteiger charge is -2.09. The molecule has 4 aromatic rings. The van der Waals surface area contributed by atoms with Gasteiger partial charge in [-0.3, -0.25) is 20.4 Å². The van der Waals surface area contributed by atoms with Crippen LogP contribution >= 0.6 is 0 Å². The van der Waals surface area contributed by atoms with Gasteiger partial charge in [0, 0.05) is 22.3 Å². The first-order valence-electron chi connectivity index (χ1n) is 9.68. The minimum atomic E-state index is -0.431. The van der Waals surface area contributed by atoms with Crippen LogP contribution in [0.5, 0.6) is 0 Å². The van der Waals surface area contributed by atoms with E-state index in [-0.39, 0.29) is 5.91 Å². The molecule has 0 aliphatic carbocycles. The molecule has 2 amide bonds. The molecule has 0 fully saturated rings. The summed E-state index contributed by atoms with van der Waals surface area (Å²) in [7, 11) is 0. The maximum atomic E-state index is 12.4. The number of carbonyl (C=O) groups is 2. The largest absolute Gasteiger partial charge is 0.416 e. The van der Waals surface area contributed by atoms with Crippen LogP contribution in [0.3, 0.4) is 0 Å². The molecule has 0 aliphatic rings. The van der Waals surface area contributed by atoms with Gasteiger partial charge in [0.1, 0.15) is 0 Å².